The molecule has 0 spiro atoms. The monoisotopic (exact) mass is 211 g/mol. The predicted octanol–water partition coefficient (Wildman–Crippen LogP) is -0.153. The first kappa shape index (κ1) is 13.7. The molecular formula is C10H17N3O2. The second-order valence-corrected chi connectivity index (χ2v) is 3.65. The second-order valence-electron chi connectivity index (χ2n) is 3.65. The number of carbonyl (C=O) groups excluding carboxylic acids is 2. The van der Waals surface area contributed by atoms with Gasteiger partial charge in [0.05, 0.1) is 0 Å². The van der Waals surface area contributed by atoms with Gasteiger partial charge in [0.15, 0.2) is 11.6 Å². The van der Waals surface area contributed by atoms with Crippen LogP contribution in [0.5, 0.6) is 0 Å². The van der Waals surface area contributed by atoms with Crippen molar-refractivity contribution in [1.29, 1.82) is 0 Å². The van der Waals surface area contributed by atoms with Crippen molar-refractivity contribution < 1.29 is 9.59 Å². The quantitative estimate of drug-likeness (QED) is 0.548. The first-order valence-corrected chi connectivity index (χ1v) is 4.31. The minimum Gasteiger partial charge on any atom is -0.344 e. The Morgan fingerprint density at radius 3 is 1.20 bits per heavy atom. The molecule has 0 radical (unpaired) electrons. The first-order chi connectivity index (χ1) is 6.30. The number of rotatable bonds is 2. The van der Waals surface area contributed by atoms with Crippen LogP contribution in [0.15, 0.2) is 24.3 Å². The zero-order valence-electron chi connectivity index (χ0n) is 8.99. The highest BCUT2D eigenvalue weighted by molar-refractivity contribution is 5.95. The molecule has 5 nitrogen and oxygen atoms in total. The first-order valence-electron chi connectivity index (χ1n) is 4.31. The van der Waals surface area contributed by atoms with Gasteiger partial charge in [-0.05, 0) is 13.8 Å². The Hall–Kier alpha value is -1.30. The van der Waals surface area contributed by atoms with Crippen molar-refractivity contribution >= 4 is 11.6 Å². The van der Waals surface area contributed by atoms with Crippen molar-refractivity contribution in [3.05, 3.63) is 24.3 Å². The smallest absolute Gasteiger partial charge is 0.157 e. The molecule has 0 fully saturated rings. The summed E-state index contributed by atoms with van der Waals surface area (Å²) in [4.78, 5) is 22.3. The molecule has 0 bridgehead atoms. The maximum atomic E-state index is 11.1. The average Bonchev–Trinajstić information content (AvgIpc) is 2.10. The maximum absolute atomic E-state index is 11.1. The Labute approximate surface area is 88.8 Å². The van der Waals surface area contributed by atoms with Gasteiger partial charge in [-0.3, -0.25) is 9.59 Å². The third-order valence-corrected chi connectivity index (χ3v) is 2.49. The van der Waals surface area contributed by atoms with E-state index >= 15 is 0 Å². The minimum absolute atomic E-state index is 0. The van der Waals surface area contributed by atoms with Crippen molar-refractivity contribution in [2.45, 2.75) is 24.9 Å². The molecule has 1 aliphatic carbocycles. The normalized spacial score (nSPS) is 33.3. The molecule has 0 saturated heterocycles. The molecule has 0 aliphatic heterocycles. The Bertz CT molecular complexity index is 299. The van der Waals surface area contributed by atoms with Gasteiger partial charge in [0.1, 0.15) is 11.1 Å². The number of ketones is 2. The molecule has 0 atom stereocenters. The summed E-state index contributed by atoms with van der Waals surface area (Å²) in [5.41, 5.74) is 9.24. The minimum atomic E-state index is -1.11. The number of nitrogens with two attached hydrogens (primary N) is 2. The number of hydrogen-bond donors (Lipinski definition) is 3. The van der Waals surface area contributed by atoms with E-state index in [2.05, 4.69) is 0 Å². The summed E-state index contributed by atoms with van der Waals surface area (Å²) in [7, 11) is 0. The van der Waals surface area contributed by atoms with E-state index in [0.29, 0.717) is 0 Å². The predicted molar refractivity (Wildman–Crippen MR) is 58.5 cm³/mol. The van der Waals surface area contributed by atoms with E-state index in [1.54, 1.807) is 0 Å². The van der Waals surface area contributed by atoms with E-state index in [-0.39, 0.29) is 17.7 Å². The topological polar surface area (TPSA) is 121 Å². The Morgan fingerprint density at radius 2 is 1.07 bits per heavy atom. The van der Waals surface area contributed by atoms with Gasteiger partial charge >= 0.3 is 0 Å². The molecule has 0 aromatic heterocycles. The standard InChI is InChI=1S/C10H14N2O2.H3N/c1-7(13)9(11)3-5-10(12,6-4-9)8(2)14;/h3-6H,11-12H2,1-2H3;1H3. The molecule has 0 saturated carbocycles. The fourth-order valence-corrected chi connectivity index (χ4v) is 1.13. The highest BCUT2D eigenvalue weighted by atomic mass is 16.1. The molecular weight excluding hydrogens is 194 g/mol. The summed E-state index contributed by atoms with van der Waals surface area (Å²) in [6.07, 6.45) is 5.88. The van der Waals surface area contributed by atoms with E-state index < -0.39 is 11.1 Å². The average molecular weight is 211 g/mol. The highest BCUT2D eigenvalue weighted by Crippen LogP contribution is 2.19. The molecule has 15 heavy (non-hydrogen) atoms. The number of Topliss-reactive ketones (excluding diaryl/α,β-unsaturated/α-hetero) is 2. The lowest BCUT2D eigenvalue weighted by atomic mass is 9.82. The van der Waals surface area contributed by atoms with Gasteiger partial charge in [-0.25, -0.2) is 0 Å². The molecule has 0 unspecified atom stereocenters. The largest absolute Gasteiger partial charge is 0.344 e. The summed E-state index contributed by atoms with van der Waals surface area (Å²) < 4.78 is 0. The molecule has 0 aromatic rings. The Morgan fingerprint density at radius 1 is 0.867 bits per heavy atom. The van der Waals surface area contributed by atoms with Gasteiger partial charge in [-0.2, -0.15) is 0 Å². The van der Waals surface area contributed by atoms with Crippen LogP contribution in [0.4, 0.5) is 0 Å². The maximum Gasteiger partial charge on any atom is 0.157 e. The van der Waals surface area contributed by atoms with Gasteiger partial charge in [0.25, 0.3) is 0 Å². The van der Waals surface area contributed by atoms with Crippen LogP contribution in [-0.4, -0.2) is 22.6 Å². The molecule has 5 heteroatoms. The summed E-state index contributed by atoms with van der Waals surface area (Å²) in [6, 6.07) is 0. The van der Waals surface area contributed by atoms with Gasteiger partial charge in [-0.15, -0.1) is 0 Å². The van der Waals surface area contributed by atoms with Crippen LogP contribution in [0.25, 0.3) is 0 Å². The van der Waals surface area contributed by atoms with Crippen LogP contribution >= 0.6 is 0 Å². The second kappa shape index (κ2) is 4.06. The lowest BCUT2D eigenvalue weighted by Gasteiger charge is -2.28. The van der Waals surface area contributed by atoms with Crippen LogP contribution < -0.4 is 17.6 Å². The van der Waals surface area contributed by atoms with Crippen molar-refractivity contribution in [2.75, 3.05) is 0 Å². The molecule has 7 N–H and O–H groups in total. The van der Waals surface area contributed by atoms with E-state index in [1.165, 1.54) is 38.2 Å². The molecule has 1 aliphatic rings. The Kier molecular flexibility index (Phi) is 3.71. The SMILES string of the molecule is CC(=O)C1(N)C=CC(N)(C(C)=O)C=C1.N. The molecule has 1 rings (SSSR count). The van der Waals surface area contributed by atoms with Crippen LogP contribution in [-0.2, 0) is 9.59 Å². The van der Waals surface area contributed by atoms with Gasteiger partial charge < -0.3 is 17.6 Å². The lowest BCUT2D eigenvalue weighted by Crippen LogP contribution is -2.51. The van der Waals surface area contributed by atoms with Crippen LogP contribution in [0.2, 0.25) is 0 Å². The van der Waals surface area contributed by atoms with Crippen molar-refractivity contribution in [3.8, 4) is 0 Å². The van der Waals surface area contributed by atoms with E-state index in [1.807, 2.05) is 0 Å². The third-order valence-electron chi connectivity index (χ3n) is 2.49. The summed E-state index contributed by atoms with van der Waals surface area (Å²) in [5.74, 6) is -0.369. The van der Waals surface area contributed by atoms with Crippen LogP contribution in [0.1, 0.15) is 13.8 Å². The van der Waals surface area contributed by atoms with Crippen LogP contribution in [0, 0.1) is 0 Å². The highest BCUT2D eigenvalue weighted by Gasteiger charge is 2.34. The van der Waals surface area contributed by atoms with Crippen molar-refractivity contribution in [2.24, 2.45) is 11.5 Å². The van der Waals surface area contributed by atoms with Crippen molar-refractivity contribution in [3.63, 3.8) is 0 Å². The summed E-state index contributed by atoms with van der Waals surface area (Å²) in [6.45, 7) is 2.79. The zero-order valence-corrected chi connectivity index (χ0v) is 8.99. The third kappa shape index (κ3) is 2.38. The fraction of sp³-hybridized carbons (Fsp3) is 0.400. The van der Waals surface area contributed by atoms with Crippen LogP contribution in [0.3, 0.4) is 0 Å². The van der Waals surface area contributed by atoms with E-state index in [0.717, 1.165) is 0 Å². The fourth-order valence-electron chi connectivity index (χ4n) is 1.13. The van der Waals surface area contributed by atoms with Crippen molar-refractivity contribution in [1.82, 2.24) is 6.15 Å². The zero-order chi connectivity index (χ0) is 11.0. The van der Waals surface area contributed by atoms with E-state index in [9.17, 15) is 9.59 Å². The van der Waals surface area contributed by atoms with Gasteiger partial charge in [0.2, 0.25) is 0 Å². The van der Waals surface area contributed by atoms with Gasteiger partial charge in [-0.1, -0.05) is 24.3 Å². The number of hydrogen-bond acceptors (Lipinski definition) is 5. The Balaban J connectivity index is 0.00000196. The summed E-state index contributed by atoms with van der Waals surface area (Å²) in [5, 5.41) is 0. The molecule has 0 amide bonds. The van der Waals surface area contributed by atoms with Gasteiger partial charge in [0, 0.05) is 0 Å². The molecule has 0 heterocycles. The number of carbonyl (C=O) groups is 2. The lowest BCUT2D eigenvalue weighted by molar-refractivity contribution is -0.120. The summed E-state index contributed by atoms with van der Waals surface area (Å²) >= 11 is 0. The van der Waals surface area contributed by atoms with E-state index in [4.69, 9.17) is 11.5 Å². The molecule has 84 valence electrons. The molecule has 0 aromatic carbocycles.